The van der Waals surface area contributed by atoms with Crippen LogP contribution in [0.15, 0.2) is 34.8 Å². The third kappa shape index (κ3) is 2.88. The van der Waals surface area contributed by atoms with Crippen LogP contribution < -0.4 is 14.2 Å². The summed E-state index contributed by atoms with van der Waals surface area (Å²) in [5, 5.41) is 0. The van der Waals surface area contributed by atoms with Gasteiger partial charge in [-0.15, -0.1) is 0 Å². The van der Waals surface area contributed by atoms with Gasteiger partial charge >= 0.3 is 0 Å². The average Bonchev–Trinajstić information content (AvgIpc) is 2.53. The lowest BCUT2D eigenvalue weighted by Gasteiger charge is -2.18. The minimum absolute atomic E-state index is 0.456. The van der Waals surface area contributed by atoms with Crippen molar-refractivity contribution in [3.8, 4) is 28.4 Å². The minimum Gasteiger partial charge on any atom is -0.493 e. The number of methoxy groups -OCH3 is 3. The van der Waals surface area contributed by atoms with Crippen molar-refractivity contribution in [2.45, 2.75) is 0 Å². The molecule has 0 saturated heterocycles. The van der Waals surface area contributed by atoms with Crippen molar-refractivity contribution in [3.63, 3.8) is 0 Å². The Labute approximate surface area is 131 Å². The first-order valence-electron chi connectivity index (χ1n) is 6.20. The Kier molecular flexibility index (Phi) is 4.85. The van der Waals surface area contributed by atoms with Gasteiger partial charge in [-0.3, -0.25) is 4.79 Å². The third-order valence-electron chi connectivity index (χ3n) is 3.12. The number of hydrogen-bond acceptors (Lipinski definition) is 4. The number of rotatable bonds is 5. The van der Waals surface area contributed by atoms with Crippen LogP contribution in [0.2, 0.25) is 0 Å². The predicted octanol–water partition coefficient (Wildman–Crippen LogP) is 3.95. The maximum Gasteiger partial charge on any atom is 0.203 e. The molecule has 4 nitrogen and oxygen atoms in total. The Hall–Kier alpha value is -2.01. The highest BCUT2D eigenvalue weighted by Gasteiger charge is 2.21. The Morgan fingerprint density at radius 1 is 0.952 bits per heavy atom. The van der Waals surface area contributed by atoms with E-state index in [4.69, 9.17) is 14.2 Å². The molecule has 0 aliphatic rings. The molecule has 0 aliphatic carbocycles. The van der Waals surface area contributed by atoms with E-state index >= 15 is 0 Å². The fraction of sp³-hybridized carbons (Fsp3) is 0.188. The lowest BCUT2D eigenvalue weighted by Crippen LogP contribution is -2.00. The highest BCUT2D eigenvalue weighted by Crippen LogP contribution is 2.46. The Balaban J connectivity index is 2.79. The van der Waals surface area contributed by atoms with E-state index in [0.717, 1.165) is 16.3 Å². The SMILES string of the molecule is COc1cc(C=O)c(-c2ccc(Br)cc2)c(OC)c1OC. The second-order valence-electron chi connectivity index (χ2n) is 4.23. The smallest absolute Gasteiger partial charge is 0.203 e. The summed E-state index contributed by atoms with van der Waals surface area (Å²) in [5.41, 5.74) is 2.02. The van der Waals surface area contributed by atoms with Gasteiger partial charge in [0.1, 0.15) is 0 Å². The number of halogens is 1. The topological polar surface area (TPSA) is 44.8 Å². The molecular weight excluding hydrogens is 336 g/mol. The zero-order valence-corrected chi connectivity index (χ0v) is 13.6. The molecule has 0 amide bonds. The van der Waals surface area contributed by atoms with Gasteiger partial charge in [-0.05, 0) is 23.8 Å². The molecular formula is C16H15BrO4. The van der Waals surface area contributed by atoms with E-state index in [0.29, 0.717) is 28.4 Å². The first-order chi connectivity index (χ1) is 10.2. The second-order valence-corrected chi connectivity index (χ2v) is 5.15. The lowest BCUT2D eigenvalue weighted by atomic mass is 9.98. The summed E-state index contributed by atoms with van der Waals surface area (Å²) in [6.07, 6.45) is 0.780. The number of ether oxygens (including phenoxy) is 3. The van der Waals surface area contributed by atoms with E-state index in [1.165, 1.54) is 21.3 Å². The van der Waals surface area contributed by atoms with E-state index in [1.54, 1.807) is 6.07 Å². The second kappa shape index (κ2) is 6.63. The molecule has 0 N–H and O–H groups in total. The van der Waals surface area contributed by atoms with Gasteiger partial charge in [0, 0.05) is 15.6 Å². The van der Waals surface area contributed by atoms with Crippen molar-refractivity contribution in [3.05, 3.63) is 40.4 Å². The van der Waals surface area contributed by atoms with E-state index in [1.807, 2.05) is 24.3 Å². The summed E-state index contributed by atoms with van der Waals surface area (Å²) in [5.74, 6) is 1.39. The van der Waals surface area contributed by atoms with Crippen LogP contribution in [0, 0.1) is 0 Å². The fourth-order valence-corrected chi connectivity index (χ4v) is 2.45. The highest BCUT2D eigenvalue weighted by atomic mass is 79.9. The molecule has 0 heterocycles. The number of hydrogen-bond donors (Lipinski definition) is 0. The molecule has 21 heavy (non-hydrogen) atoms. The van der Waals surface area contributed by atoms with Crippen LogP contribution in [0.5, 0.6) is 17.2 Å². The summed E-state index contributed by atoms with van der Waals surface area (Å²) < 4.78 is 17.0. The number of carbonyl (C=O) groups is 1. The van der Waals surface area contributed by atoms with Gasteiger partial charge in [0.25, 0.3) is 0 Å². The van der Waals surface area contributed by atoms with Crippen LogP contribution in [0.4, 0.5) is 0 Å². The zero-order valence-electron chi connectivity index (χ0n) is 12.0. The molecule has 5 heteroatoms. The average molecular weight is 351 g/mol. The predicted molar refractivity (Wildman–Crippen MR) is 84.6 cm³/mol. The standard InChI is InChI=1S/C16H15BrO4/c1-19-13-8-11(9-18)14(16(21-3)15(13)20-2)10-4-6-12(17)7-5-10/h4-9H,1-3H3. The molecule has 2 aromatic carbocycles. The summed E-state index contributed by atoms with van der Waals surface area (Å²) in [6.45, 7) is 0. The molecule has 0 bridgehead atoms. The maximum absolute atomic E-state index is 11.4. The Bertz CT molecular complexity index is 650. The maximum atomic E-state index is 11.4. The van der Waals surface area contributed by atoms with E-state index in [9.17, 15) is 4.79 Å². The molecule has 2 aromatic rings. The molecule has 0 aliphatic heterocycles. The van der Waals surface area contributed by atoms with Crippen molar-refractivity contribution in [2.24, 2.45) is 0 Å². The van der Waals surface area contributed by atoms with Gasteiger partial charge < -0.3 is 14.2 Å². The van der Waals surface area contributed by atoms with Crippen molar-refractivity contribution in [1.29, 1.82) is 0 Å². The monoisotopic (exact) mass is 350 g/mol. The van der Waals surface area contributed by atoms with E-state index in [-0.39, 0.29) is 0 Å². The summed E-state index contributed by atoms with van der Waals surface area (Å²) >= 11 is 3.39. The fourth-order valence-electron chi connectivity index (χ4n) is 2.18. The van der Waals surface area contributed by atoms with Crippen LogP contribution in [-0.4, -0.2) is 27.6 Å². The van der Waals surface area contributed by atoms with Gasteiger partial charge in [0.2, 0.25) is 5.75 Å². The van der Waals surface area contributed by atoms with Crippen LogP contribution in [0.25, 0.3) is 11.1 Å². The van der Waals surface area contributed by atoms with Crippen molar-refractivity contribution < 1.29 is 19.0 Å². The molecule has 0 unspecified atom stereocenters. The molecule has 110 valence electrons. The van der Waals surface area contributed by atoms with E-state index in [2.05, 4.69) is 15.9 Å². The summed E-state index contributed by atoms with van der Waals surface area (Å²) in [6, 6.07) is 9.26. The largest absolute Gasteiger partial charge is 0.493 e. The quantitative estimate of drug-likeness (QED) is 0.765. The van der Waals surface area contributed by atoms with Crippen LogP contribution in [-0.2, 0) is 0 Å². The molecule has 0 saturated carbocycles. The number of benzene rings is 2. The number of aldehydes is 1. The van der Waals surface area contributed by atoms with E-state index < -0.39 is 0 Å². The van der Waals surface area contributed by atoms with Crippen molar-refractivity contribution in [2.75, 3.05) is 21.3 Å². The minimum atomic E-state index is 0.456. The molecule has 0 aromatic heterocycles. The van der Waals surface area contributed by atoms with Gasteiger partial charge in [0.05, 0.1) is 21.3 Å². The Morgan fingerprint density at radius 2 is 1.57 bits per heavy atom. The highest BCUT2D eigenvalue weighted by molar-refractivity contribution is 9.10. The lowest BCUT2D eigenvalue weighted by molar-refractivity contribution is 0.112. The molecule has 0 atom stereocenters. The summed E-state index contributed by atoms with van der Waals surface area (Å²) in [7, 11) is 4.59. The van der Waals surface area contributed by atoms with Crippen molar-refractivity contribution in [1.82, 2.24) is 0 Å². The first kappa shape index (κ1) is 15.4. The van der Waals surface area contributed by atoms with Gasteiger partial charge in [-0.25, -0.2) is 0 Å². The zero-order chi connectivity index (χ0) is 15.4. The van der Waals surface area contributed by atoms with Crippen LogP contribution in [0.1, 0.15) is 10.4 Å². The van der Waals surface area contributed by atoms with Gasteiger partial charge in [-0.2, -0.15) is 0 Å². The molecule has 0 spiro atoms. The van der Waals surface area contributed by atoms with Crippen LogP contribution >= 0.6 is 15.9 Å². The third-order valence-corrected chi connectivity index (χ3v) is 3.65. The molecule has 0 fully saturated rings. The van der Waals surface area contributed by atoms with Crippen molar-refractivity contribution >= 4 is 22.2 Å². The van der Waals surface area contributed by atoms with Gasteiger partial charge in [0.15, 0.2) is 17.8 Å². The molecule has 0 radical (unpaired) electrons. The van der Waals surface area contributed by atoms with Gasteiger partial charge in [-0.1, -0.05) is 28.1 Å². The molecule has 2 rings (SSSR count). The summed E-state index contributed by atoms with van der Waals surface area (Å²) in [4.78, 5) is 11.4. The van der Waals surface area contributed by atoms with Crippen LogP contribution in [0.3, 0.4) is 0 Å². The first-order valence-corrected chi connectivity index (χ1v) is 6.99. The Morgan fingerprint density at radius 3 is 2.05 bits per heavy atom. The normalized spacial score (nSPS) is 10.1. The number of carbonyl (C=O) groups excluding carboxylic acids is 1.